The largest absolute Gasteiger partial charge is 0.364 e. The molecule has 1 aliphatic carbocycles. The third-order valence-corrected chi connectivity index (χ3v) is 3.53. The summed E-state index contributed by atoms with van der Waals surface area (Å²) in [7, 11) is 0. The van der Waals surface area contributed by atoms with Gasteiger partial charge in [0.25, 0.3) is 0 Å². The lowest BCUT2D eigenvalue weighted by Crippen LogP contribution is -2.31. The summed E-state index contributed by atoms with van der Waals surface area (Å²) in [5.74, 6) is 0.969. The maximum absolute atomic E-state index is 4.33. The van der Waals surface area contributed by atoms with E-state index in [4.69, 9.17) is 0 Å². The number of nitrogens with one attached hydrogen (secondary N) is 1. The number of pyridine rings is 1. The van der Waals surface area contributed by atoms with E-state index in [1.165, 1.54) is 25.7 Å². The fourth-order valence-corrected chi connectivity index (χ4v) is 2.40. The van der Waals surface area contributed by atoms with Crippen molar-refractivity contribution >= 4 is 21.7 Å². The van der Waals surface area contributed by atoms with Crippen LogP contribution in [0.3, 0.4) is 0 Å². The van der Waals surface area contributed by atoms with Crippen molar-refractivity contribution < 1.29 is 0 Å². The number of hydrogen-bond donors (Lipinski definition) is 1. The molecule has 1 aromatic rings. The Morgan fingerprint density at radius 3 is 2.79 bits per heavy atom. The van der Waals surface area contributed by atoms with Crippen LogP contribution in [0.4, 0.5) is 5.82 Å². The summed E-state index contributed by atoms with van der Waals surface area (Å²) in [6.07, 6.45) is 6.97. The van der Waals surface area contributed by atoms with Gasteiger partial charge < -0.3 is 5.32 Å². The molecule has 1 heterocycles. The van der Waals surface area contributed by atoms with E-state index in [0.717, 1.165) is 10.3 Å². The lowest BCUT2D eigenvalue weighted by atomic mass is 10.0. The molecular formula is C11H15BrN2. The molecule has 2 nitrogen and oxygen atoms in total. The highest BCUT2D eigenvalue weighted by Crippen LogP contribution is 2.33. The van der Waals surface area contributed by atoms with Gasteiger partial charge in [-0.1, -0.05) is 12.8 Å². The Kier molecular flexibility index (Phi) is 2.77. The van der Waals surface area contributed by atoms with Crippen molar-refractivity contribution in [3.8, 4) is 0 Å². The molecule has 0 aliphatic heterocycles. The van der Waals surface area contributed by atoms with Gasteiger partial charge in [0.05, 0.1) is 4.47 Å². The van der Waals surface area contributed by atoms with Gasteiger partial charge in [0.1, 0.15) is 5.82 Å². The summed E-state index contributed by atoms with van der Waals surface area (Å²) in [6, 6.07) is 3.96. The van der Waals surface area contributed by atoms with Crippen molar-refractivity contribution in [3.63, 3.8) is 0 Å². The zero-order chi connectivity index (χ0) is 10.0. The van der Waals surface area contributed by atoms with Gasteiger partial charge in [-0.25, -0.2) is 4.98 Å². The Labute approximate surface area is 93.3 Å². The molecule has 0 amide bonds. The molecule has 1 aliphatic rings. The minimum Gasteiger partial charge on any atom is -0.364 e. The highest BCUT2D eigenvalue weighted by atomic mass is 79.9. The van der Waals surface area contributed by atoms with Crippen LogP contribution in [0, 0.1) is 0 Å². The minimum atomic E-state index is 0.247. The third-order valence-electron chi connectivity index (χ3n) is 2.89. The lowest BCUT2D eigenvalue weighted by molar-refractivity contribution is 0.530. The van der Waals surface area contributed by atoms with E-state index in [1.54, 1.807) is 0 Å². The topological polar surface area (TPSA) is 24.9 Å². The highest BCUT2D eigenvalue weighted by Gasteiger charge is 2.28. The first-order chi connectivity index (χ1) is 6.70. The van der Waals surface area contributed by atoms with E-state index in [1.807, 2.05) is 18.3 Å². The van der Waals surface area contributed by atoms with E-state index in [2.05, 4.69) is 33.2 Å². The molecule has 0 atom stereocenters. The number of anilines is 1. The summed E-state index contributed by atoms with van der Waals surface area (Å²) in [5.41, 5.74) is 0.247. The summed E-state index contributed by atoms with van der Waals surface area (Å²) in [4.78, 5) is 4.33. The molecule has 0 unspecified atom stereocenters. The molecular weight excluding hydrogens is 240 g/mol. The molecule has 0 saturated heterocycles. The van der Waals surface area contributed by atoms with Crippen molar-refractivity contribution in [2.45, 2.75) is 38.1 Å². The quantitative estimate of drug-likeness (QED) is 0.873. The Hall–Kier alpha value is -0.570. The van der Waals surface area contributed by atoms with Gasteiger partial charge in [-0.05, 0) is 47.8 Å². The van der Waals surface area contributed by atoms with Crippen LogP contribution in [0.2, 0.25) is 0 Å². The van der Waals surface area contributed by atoms with Crippen molar-refractivity contribution in [3.05, 3.63) is 22.8 Å². The Balaban J connectivity index is 2.14. The molecule has 1 N–H and O–H groups in total. The van der Waals surface area contributed by atoms with Gasteiger partial charge in [0.2, 0.25) is 0 Å². The van der Waals surface area contributed by atoms with Crippen LogP contribution in [-0.2, 0) is 0 Å². The first-order valence-corrected chi connectivity index (χ1v) is 5.88. The van der Waals surface area contributed by atoms with Crippen molar-refractivity contribution in [2.75, 3.05) is 5.32 Å². The average molecular weight is 255 g/mol. The maximum Gasteiger partial charge on any atom is 0.140 e. The van der Waals surface area contributed by atoms with Gasteiger partial charge >= 0.3 is 0 Å². The van der Waals surface area contributed by atoms with Crippen LogP contribution in [-0.4, -0.2) is 10.5 Å². The first-order valence-electron chi connectivity index (χ1n) is 5.08. The maximum atomic E-state index is 4.33. The van der Waals surface area contributed by atoms with Crippen LogP contribution < -0.4 is 5.32 Å². The Morgan fingerprint density at radius 1 is 1.43 bits per heavy atom. The average Bonchev–Trinajstić information content (AvgIpc) is 2.57. The number of halogens is 1. The molecule has 3 heteroatoms. The van der Waals surface area contributed by atoms with Crippen LogP contribution in [0.15, 0.2) is 22.8 Å². The van der Waals surface area contributed by atoms with E-state index in [-0.39, 0.29) is 5.54 Å². The fourth-order valence-electron chi connectivity index (χ4n) is 2.04. The zero-order valence-corrected chi connectivity index (χ0v) is 9.97. The SMILES string of the molecule is CC1(Nc2ncccc2Br)CCCC1. The molecule has 76 valence electrons. The number of rotatable bonds is 2. The monoisotopic (exact) mass is 254 g/mol. The molecule has 1 aromatic heterocycles. The number of nitrogens with zero attached hydrogens (tertiary/aromatic N) is 1. The Morgan fingerprint density at radius 2 is 2.14 bits per heavy atom. The lowest BCUT2D eigenvalue weighted by Gasteiger charge is -2.26. The van der Waals surface area contributed by atoms with E-state index < -0.39 is 0 Å². The summed E-state index contributed by atoms with van der Waals surface area (Å²) >= 11 is 3.50. The van der Waals surface area contributed by atoms with Crippen LogP contribution in [0.1, 0.15) is 32.6 Å². The van der Waals surface area contributed by atoms with E-state index >= 15 is 0 Å². The van der Waals surface area contributed by atoms with Gasteiger partial charge in [-0.15, -0.1) is 0 Å². The predicted octanol–water partition coefficient (Wildman–Crippen LogP) is 3.59. The molecule has 0 bridgehead atoms. The van der Waals surface area contributed by atoms with Crippen molar-refractivity contribution in [2.24, 2.45) is 0 Å². The molecule has 0 radical (unpaired) electrons. The fraction of sp³-hybridized carbons (Fsp3) is 0.545. The normalized spacial score (nSPS) is 19.6. The summed E-state index contributed by atoms with van der Waals surface area (Å²) in [5, 5.41) is 3.53. The van der Waals surface area contributed by atoms with Gasteiger partial charge in [0.15, 0.2) is 0 Å². The Bertz CT molecular complexity index is 319. The standard InChI is InChI=1S/C11H15BrN2/c1-11(6-2-3-7-11)14-10-9(12)5-4-8-13-10/h4-5,8H,2-3,6-7H2,1H3,(H,13,14). The molecule has 1 fully saturated rings. The third kappa shape index (κ3) is 2.08. The van der Waals surface area contributed by atoms with Crippen molar-refractivity contribution in [1.29, 1.82) is 0 Å². The second-order valence-corrected chi connectivity index (χ2v) is 5.08. The summed E-state index contributed by atoms with van der Waals surface area (Å²) < 4.78 is 1.05. The van der Waals surface area contributed by atoms with E-state index in [0.29, 0.717) is 0 Å². The molecule has 1 saturated carbocycles. The number of hydrogen-bond acceptors (Lipinski definition) is 2. The van der Waals surface area contributed by atoms with Crippen LogP contribution in [0.5, 0.6) is 0 Å². The molecule has 0 spiro atoms. The van der Waals surface area contributed by atoms with E-state index in [9.17, 15) is 0 Å². The second kappa shape index (κ2) is 3.89. The smallest absolute Gasteiger partial charge is 0.140 e. The summed E-state index contributed by atoms with van der Waals surface area (Å²) in [6.45, 7) is 2.28. The van der Waals surface area contributed by atoms with Crippen LogP contribution in [0.25, 0.3) is 0 Å². The van der Waals surface area contributed by atoms with Crippen molar-refractivity contribution in [1.82, 2.24) is 4.98 Å². The highest BCUT2D eigenvalue weighted by molar-refractivity contribution is 9.10. The first kappa shape index (κ1) is 9.97. The predicted molar refractivity (Wildman–Crippen MR) is 62.4 cm³/mol. The van der Waals surface area contributed by atoms with Crippen LogP contribution >= 0.6 is 15.9 Å². The minimum absolute atomic E-state index is 0.247. The second-order valence-electron chi connectivity index (χ2n) is 4.23. The zero-order valence-electron chi connectivity index (χ0n) is 8.39. The van der Waals surface area contributed by atoms with Gasteiger partial charge in [0, 0.05) is 11.7 Å². The van der Waals surface area contributed by atoms with Gasteiger partial charge in [-0.2, -0.15) is 0 Å². The number of aromatic nitrogens is 1. The molecule has 2 rings (SSSR count). The molecule has 14 heavy (non-hydrogen) atoms. The molecule has 0 aromatic carbocycles. The van der Waals surface area contributed by atoms with Gasteiger partial charge in [-0.3, -0.25) is 0 Å².